The Morgan fingerprint density at radius 2 is 2.00 bits per heavy atom. The predicted molar refractivity (Wildman–Crippen MR) is 66.2 cm³/mol. The molecule has 1 aromatic rings. The molecule has 0 heterocycles. The highest BCUT2D eigenvalue weighted by atomic mass is 16.6. The first kappa shape index (κ1) is 13.4. The number of nitro benzene ring substituents is 1. The monoisotopic (exact) mass is 238 g/mol. The molecule has 0 aromatic heterocycles. The molecule has 0 amide bonds. The average molecular weight is 238 g/mol. The SMILES string of the molecule is COc1cc(CNC(C)(C)C)cc([N+](=O)[O-])c1. The maximum absolute atomic E-state index is 10.8. The minimum atomic E-state index is -0.414. The highest BCUT2D eigenvalue weighted by Crippen LogP contribution is 2.22. The molecular weight excluding hydrogens is 220 g/mol. The number of hydrogen-bond acceptors (Lipinski definition) is 4. The van der Waals surface area contributed by atoms with Gasteiger partial charge < -0.3 is 10.1 Å². The smallest absolute Gasteiger partial charge is 0.273 e. The maximum atomic E-state index is 10.8. The van der Waals surface area contributed by atoms with Crippen LogP contribution in [0.15, 0.2) is 18.2 Å². The first-order chi connectivity index (χ1) is 7.81. The Morgan fingerprint density at radius 1 is 1.35 bits per heavy atom. The maximum Gasteiger partial charge on any atom is 0.273 e. The Bertz CT molecular complexity index is 411. The average Bonchev–Trinajstić information content (AvgIpc) is 2.25. The van der Waals surface area contributed by atoms with Crippen molar-refractivity contribution in [3.63, 3.8) is 0 Å². The van der Waals surface area contributed by atoms with Crippen molar-refractivity contribution in [3.05, 3.63) is 33.9 Å². The molecule has 0 bridgehead atoms. The van der Waals surface area contributed by atoms with Crippen LogP contribution in [0.25, 0.3) is 0 Å². The molecular formula is C12H18N2O3. The number of rotatable bonds is 4. The molecule has 1 rings (SSSR count). The van der Waals surface area contributed by atoms with Gasteiger partial charge in [-0.25, -0.2) is 0 Å². The number of methoxy groups -OCH3 is 1. The second-order valence-corrected chi connectivity index (χ2v) is 4.90. The molecule has 17 heavy (non-hydrogen) atoms. The van der Waals surface area contributed by atoms with Crippen LogP contribution in [0.4, 0.5) is 5.69 Å². The first-order valence-corrected chi connectivity index (χ1v) is 5.39. The summed E-state index contributed by atoms with van der Waals surface area (Å²) in [6.07, 6.45) is 0. The van der Waals surface area contributed by atoms with Crippen LogP contribution in [0.1, 0.15) is 26.3 Å². The molecule has 94 valence electrons. The Hall–Kier alpha value is -1.62. The van der Waals surface area contributed by atoms with Crippen LogP contribution in [0.3, 0.4) is 0 Å². The molecule has 0 saturated heterocycles. The zero-order valence-corrected chi connectivity index (χ0v) is 10.6. The Balaban J connectivity index is 2.91. The lowest BCUT2D eigenvalue weighted by atomic mass is 10.1. The summed E-state index contributed by atoms with van der Waals surface area (Å²) in [6.45, 7) is 6.70. The summed E-state index contributed by atoms with van der Waals surface area (Å²) in [5.74, 6) is 0.505. The van der Waals surface area contributed by atoms with E-state index in [1.54, 1.807) is 12.1 Å². The highest BCUT2D eigenvalue weighted by molar-refractivity contribution is 5.42. The second kappa shape index (κ2) is 5.14. The van der Waals surface area contributed by atoms with E-state index in [0.29, 0.717) is 12.3 Å². The summed E-state index contributed by atoms with van der Waals surface area (Å²) < 4.78 is 5.05. The third kappa shape index (κ3) is 4.40. The minimum Gasteiger partial charge on any atom is -0.496 e. The molecule has 1 N–H and O–H groups in total. The number of ether oxygens (including phenoxy) is 1. The quantitative estimate of drug-likeness (QED) is 0.646. The van der Waals surface area contributed by atoms with E-state index in [1.165, 1.54) is 13.2 Å². The fraction of sp³-hybridized carbons (Fsp3) is 0.500. The van der Waals surface area contributed by atoms with E-state index in [4.69, 9.17) is 4.74 Å². The van der Waals surface area contributed by atoms with E-state index in [-0.39, 0.29) is 11.2 Å². The van der Waals surface area contributed by atoms with Gasteiger partial charge in [0.25, 0.3) is 5.69 Å². The Labute approximate surface area is 101 Å². The lowest BCUT2D eigenvalue weighted by molar-refractivity contribution is -0.385. The molecule has 0 aliphatic rings. The third-order valence-corrected chi connectivity index (χ3v) is 2.22. The van der Waals surface area contributed by atoms with Gasteiger partial charge in [-0.2, -0.15) is 0 Å². The van der Waals surface area contributed by atoms with Crippen LogP contribution in [0.5, 0.6) is 5.75 Å². The number of nitro groups is 1. The lowest BCUT2D eigenvalue weighted by Gasteiger charge is -2.20. The van der Waals surface area contributed by atoms with E-state index in [2.05, 4.69) is 5.32 Å². The number of nitrogens with zero attached hydrogens (tertiary/aromatic N) is 1. The zero-order chi connectivity index (χ0) is 13.1. The number of non-ortho nitro benzene ring substituents is 1. The summed E-state index contributed by atoms with van der Waals surface area (Å²) in [7, 11) is 1.50. The van der Waals surface area contributed by atoms with Gasteiger partial charge in [0.05, 0.1) is 18.1 Å². The van der Waals surface area contributed by atoms with Gasteiger partial charge in [-0.15, -0.1) is 0 Å². The van der Waals surface area contributed by atoms with Crippen molar-refractivity contribution in [3.8, 4) is 5.75 Å². The second-order valence-electron chi connectivity index (χ2n) is 4.90. The molecule has 0 aliphatic heterocycles. The molecule has 0 unspecified atom stereocenters. The van der Waals surface area contributed by atoms with Gasteiger partial charge >= 0.3 is 0 Å². The zero-order valence-electron chi connectivity index (χ0n) is 10.6. The van der Waals surface area contributed by atoms with Gasteiger partial charge in [0.15, 0.2) is 0 Å². The van der Waals surface area contributed by atoms with Crippen molar-refractivity contribution >= 4 is 5.69 Å². The van der Waals surface area contributed by atoms with E-state index >= 15 is 0 Å². The van der Waals surface area contributed by atoms with Gasteiger partial charge in [-0.3, -0.25) is 10.1 Å². The Morgan fingerprint density at radius 3 is 2.47 bits per heavy atom. The van der Waals surface area contributed by atoms with Crippen LogP contribution in [-0.4, -0.2) is 17.6 Å². The van der Waals surface area contributed by atoms with E-state index in [0.717, 1.165) is 5.56 Å². The fourth-order valence-electron chi connectivity index (χ4n) is 1.34. The Kier molecular flexibility index (Phi) is 4.07. The molecule has 0 fully saturated rings. The molecule has 0 radical (unpaired) electrons. The molecule has 0 atom stereocenters. The summed E-state index contributed by atoms with van der Waals surface area (Å²) in [5, 5.41) is 14.0. The number of hydrogen-bond donors (Lipinski definition) is 1. The van der Waals surface area contributed by atoms with Crippen molar-refractivity contribution in [2.45, 2.75) is 32.9 Å². The van der Waals surface area contributed by atoms with Crippen LogP contribution in [-0.2, 0) is 6.54 Å². The summed E-state index contributed by atoms with van der Waals surface area (Å²) in [6, 6.07) is 4.77. The van der Waals surface area contributed by atoms with Gasteiger partial charge in [-0.05, 0) is 32.4 Å². The highest BCUT2D eigenvalue weighted by Gasteiger charge is 2.13. The van der Waals surface area contributed by atoms with Crippen molar-refractivity contribution in [2.24, 2.45) is 0 Å². The predicted octanol–water partition coefficient (Wildman–Crippen LogP) is 2.49. The summed E-state index contributed by atoms with van der Waals surface area (Å²) in [4.78, 5) is 10.3. The van der Waals surface area contributed by atoms with E-state index in [9.17, 15) is 10.1 Å². The summed E-state index contributed by atoms with van der Waals surface area (Å²) >= 11 is 0. The number of benzene rings is 1. The van der Waals surface area contributed by atoms with Gasteiger partial charge in [-0.1, -0.05) is 0 Å². The van der Waals surface area contributed by atoms with Crippen molar-refractivity contribution in [1.82, 2.24) is 5.32 Å². The molecule has 5 heteroatoms. The van der Waals surface area contributed by atoms with Crippen molar-refractivity contribution in [2.75, 3.05) is 7.11 Å². The van der Waals surface area contributed by atoms with E-state index in [1.807, 2.05) is 20.8 Å². The van der Waals surface area contributed by atoms with Crippen molar-refractivity contribution in [1.29, 1.82) is 0 Å². The van der Waals surface area contributed by atoms with Crippen molar-refractivity contribution < 1.29 is 9.66 Å². The minimum absolute atomic E-state index is 0.0299. The van der Waals surface area contributed by atoms with E-state index < -0.39 is 4.92 Å². The van der Waals surface area contributed by atoms with Crippen LogP contribution in [0.2, 0.25) is 0 Å². The fourth-order valence-corrected chi connectivity index (χ4v) is 1.34. The van der Waals surface area contributed by atoms with Gasteiger partial charge in [0.2, 0.25) is 0 Å². The van der Waals surface area contributed by atoms with Gasteiger partial charge in [0.1, 0.15) is 5.75 Å². The largest absolute Gasteiger partial charge is 0.496 e. The molecule has 1 aromatic carbocycles. The first-order valence-electron chi connectivity index (χ1n) is 5.39. The standard InChI is InChI=1S/C12H18N2O3/c1-12(2,3)13-8-9-5-10(14(15)16)7-11(6-9)17-4/h5-7,13H,8H2,1-4H3. The third-order valence-electron chi connectivity index (χ3n) is 2.22. The topological polar surface area (TPSA) is 64.4 Å². The number of nitrogens with one attached hydrogen (secondary N) is 1. The van der Waals surface area contributed by atoms with Crippen LogP contribution < -0.4 is 10.1 Å². The summed E-state index contributed by atoms with van der Waals surface area (Å²) in [5.41, 5.74) is 0.860. The lowest BCUT2D eigenvalue weighted by Crippen LogP contribution is -2.35. The molecule has 0 aliphatic carbocycles. The molecule has 0 spiro atoms. The van der Waals surface area contributed by atoms with Gasteiger partial charge in [0, 0.05) is 18.2 Å². The van der Waals surface area contributed by atoms with Crippen LogP contribution in [0, 0.1) is 10.1 Å². The molecule has 5 nitrogen and oxygen atoms in total. The normalized spacial score (nSPS) is 11.3. The van der Waals surface area contributed by atoms with Crippen LogP contribution >= 0.6 is 0 Å². The molecule has 0 saturated carbocycles.